The fraction of sp³-hybridized carbons (Fsp3) is 0.536. The van der Waals surface area contributed by atoms with Gasteiger partial charge in [-0.2, -0.15) is 0 Å². The van der Waals surface area contributed by atoms with Crippen LogP contribution in [0.5, 0.6) is 17.2 Å². The van der Waals surface area contributed by atoms with E-state index in [1.165, 1.54) is 0 Å². The van der Waals surface area contributed by atoms with Gasteiger partial charge in [0.25, 0.3) is 0 Å². The number of carbonyl (C=O) groups excluding carboxylic acids is 1. The number of likely N-dealkylation sites (tertiary alicyclic amines) is 1. The Morgan fingerprint density at radius 3 is 2.43 bits per heavy atom. The van der Waals surface area contributed by atoms with E-state index in [9.17, 15) is 20.1 Å². The van der Waals surface area contributed by atoms with Crippen molar-refractivity contribution in [2.45, 2.75) is 56.5 Å². The number of hydrogen-bond donors (Lipinski definition) is 4. The van der Waals surface area contributed by atoms with Gasteiger partial charge in [-0.1, -0.05) is 31.0 Å². The highest BCUT2D eigenvalue weighted by Gasteiger charge is 2.31. The molecule has 3 atom stereocenters. The first-order valence-electron chi connectivity index (χ1n) is 13.0. The summed E-state index contributed by atoms with van der Waals surface area (Å²) in [5.41, 5.74) is 1.49. The smallest absolute Gasteiger partial charge is 0.220 e. The van der Waals surface area contributed by atoms with Crippen molar-refractivity contribution < 1.29 is 34.3 Å². The number of nitrogens with zero attached hydrogens (tertiary/aromatic N) is 1. The van der Waals surface area contributed by atoms with E-state index >= 15 is 0 Å². The summed E-state index contributed by atoms with van der Waals surface area (Å²) in [5.74, 6) is 1.86. The van der Waals surface area contributed by atoms with Crippen LogP contribution in [0.25, 0.3) is 0 Å². The maximum absolute atomic E-state index is 12.8. The molecule has 2 aliphatic rings. The van der Waals surface area contributed by atoms with E-state index in [0.717, 1.165) is 24.2 Å². The number of ether oxygens (including phenoxy) is 3. The monoisotopic (exact) mass is 514 g/mol. The normalized spacial score (nSPS) is 17.9. The van der Waals surface area contributed by atoms with Crippen molar-refractivity contribution >= 4 is 5.91 Å². The Bertz CT molecular complexity index is 1010. The molecular weight excluding hydrogens is 476 g/mol. The van der Waals surface area contributed by atoms with Crippen molar-refractivity contribution in [3.8, 4) is 17.2 Å². The molecule has 4 N–H and O–H groups in total. The van der Waals surface area contributed by atoms with Crippen molar-refractivity contribution in [3.63, 3.8) is 0 Å². The van der Waals surface area contributed by atoms with Crippen LogP contribution in [0.3, 0.4) is 0 Å². The molecule has 0 radical (unpaired) electrons. The molecule has 4 rings (SSSR count). The van der Waals surface area contributed by atoms with Gasteiger partial charge < -0.3 is 34.8 Å². The highest BCUT2D eigenvalue weighted by Crippen LogP contribution is 2.33. The predicted molar refractivity (Wildman–Crippen MR) is 138 cm³/mol. The third-order valence-electron chi connectivity index (χ3n) is 6.91. The fourth-order valence-corrected chi connectivity index (χ4v) is 4.74. The van der Waals surface area contributed by atoms with Gasteiger partial charge in [-0.25, -0.2) is 0 Å². The molecule has 0 aliphatic carbocycles. The van der Waals surface area contributed by atoms with Gasteiger partial charge in [-0.3, -0.25) is 9.69 Å². The van der Waals surface area contributed by atoms with Crippen LogP contribution in [0.4, 0.5) is 0 Å². The van der Waals surface area contributed by atoms with Gasteiger partial charge in [0.1, 0.15) is 25.1 Å². The molecule has 37 heavy (non-hydrogen) atoms. The predicted octanol–water partition coefficient (Wildman–Crippen LogP) is 2.35. The Kier molecular flexibility index (Phi) is 9.62. The van der Waals surface area contributed by atoms with Gasteiger partial charge in [-0.15, -0.1) is 0 Å². The zero-order valence-electron chi connectivity index (χ0n) is 21.3. The summed E-state index contributed by atoms with van der Waals surface area (Å²) in [6.45, 7) is 2.43. The average Bonchev–Trinajstić information content (AvgIpc) is 2.90. The number of hydrogen-bond acceptors (Lipinski definition) is 8. The lowest BCUT2D eigenvalue weighted by Crippen LogP contribution is -2.56. The molecule has 2 aromatic carbocycles. The summed E-state index contributed by atoms with van der Waals surface area (Å²) in [5, 5.41) is 34.2. The largest absolute Gasteiger partial charge is 0.497 e. The van der Waals surface area contributed by atoms with Crippen LogP contribution in [-0.4, -0.2) is 78.2 Å². The molecule has 2 aliphatic heterocycles. The Morgan fingerprint density at radius 2 is 1.73 bits per heavy atom. The molecule has 0 bridgehead atoms. The van der Waals surface area contributed by atoms with Crippen LogP contribution in [-0.2, 0) is 4.79 Å². The fourth-order valence-electron chi connectivity index (χ4n) is 4.74. The Balaban J connectivity index is 1.25. The number of benzene rings is 2. The number of unbranched alkanes of at least 4 members (excludes halogenated alkanes) is 2. The minimum atomic E-state index is -0.933. The number of amides is 1. The number of aliphatic hydroxyl groups is 3. The van der Waals surface area contributed by atoms with Gasteiger partial charge >= 0.3 is 0 Å². The van der Waals surface area contributed by atoms with E-state index in [0.29, 0.717) is 69.2 Å². The molecule has 1 amide bonds. The summed E-state index contributed by atoms with van der Waals surface area (Å²) >= 11 is 0. The second-order valence-corrected chi connectivity index (χ2v) is 9.78. The van der Waals surface area contributed by atoms with E-state index in [1.54, 1.807) is 25.3 Å². The number of carbonyl (C=O) groups is 1. The summed E-state index contributed by atoms with van der Waals surface area (Å²) < 4.78 is 16.4. The van der Waals surface area contributed by atoms with Gasteiger partial charge in [0, 0.05) is 26.1 Å². The second kappa shape index (κ2) is 13.1. The van der Waals surface area contributed by atoms with E-state index in [2.05, 4.69) is 5.32 Å². The van der Waals surface area contributed by atoms with Crippen molar-refractivity contribution in [2.75, 3.05) is 40.0 Å². The van der Waals surface area contributed by atoms with E-state index in [-0.39, 0.29) is 12.0 Å². The van der Waals surface area contributed by atoms with Gasteiger partial charge in [0.2, 0.25) is 5.91 Å². The molecule has 2 heterocycles. The number of nitrogens with one attached hydrogen (secondary N) is 1. The SMILES string of the molecule is COc1ccc(C(O)CCCCCC(=O)N[C@H](CN2CC(O)C2)[C@H](O)c2ccc3c(c2)OCCO3)cc1. The minimum Gasteiger partial charge on any atom is -0.497 e. The van der Waals surface area contributed by atoms with Crippen LogP contribution in [0.1, 0.15) is 55.4 Å². The highest BCUT2D eigenvalue weighted by atomic mass is 16.6. The third kappa shape index (κ3) is 7.58. The molecule has 9 heteroatoms. The highest BCUT2D eigenvalue weighted by molar-refractivity contribution is 5.76. The van der Waals surface area contributed by atoms with Gasteiger partial charge in [0.15, 0.2) is 11.5 Å². The Hall–Kier alpha value is -2.85. The molecule has 1 saturated heterocycles. The summed E-state index contributed by atoms with van der Waals surface area (Å²) in [4.78, 5) is 14.8. The zero-order chi connectivity index (χ0) is 26.2. The molecule has 9 nitrogen and oxygen atoms in total. The molecule has 1 unspecified atom stereocenters. The van der Waals surface area contributed by atoms with Crippen molar-refractivity contribution in [3.05, 3.63) is 53.6 Å². The van der Waals surface area contributed by atoms with E-state index in [1.807, 2.05) is 29.2 Å². The standard InChI is InChI=1S/C28H38N2O7/c1-35-22-10-7-19(8-11-22)24(32)5-3-2-4-6-27(33)29-23(18-30-16-21(31)17-30)28(34)20-9-12-25-26(15-20)37-14-13-36-25/h7-12,15,21,23-24,28,31-32,34H,2-6,13-14,16-18H2,1H3,(H,29,33)/t23-,24?,28-/m1/s1. The van der Waals surface area contributed by atoms with Crippen molar-refractivity contribution in [1.82, 2.24) is 10.2 Å². The molecule has 0 spiro atoms. The van der Waals surface area contributed by atoms with Crippen LogP contribution < -0.4 is 19.5 Å². The Morgan fingerprint density at radius 1 is 1.03 bits per heavy atom. The lowest BCUT2D eigenvalue weighted by Gasteiger charge is -2.39. The Labute approximate surface area is 218 Å². The molecule has 1 fully saturated rings. The van der Waals surface area contributed by atoms with Crippen LogP contribution in [0, 0.1) is 0 Å². The van der Waals surface area contributed by atoms with Crippen molar-refractivity contribution in [2.24, 2.45) is 0 Å². The first-order valence-corrected chi connectivity index (χ1v) is 13.0. The van der Waals surface area contributed by atoms with Gasteiger partial charge in [0.05, 0.1) is 25.4 Å². The van der Waals surface area contributed by atoms with Crippen LogP contribution in [0.2, 0.25) is 0 Å². The third-order valence-corrected chi connectivity index (χ3v) is 6.91. The average molecular weight is 515 g/mol. The summed E-state index contributed by atoms with van der Waals surface area (Å²) in [6, 6.07) is 12.2. The first-order chi connectivity index (χ1) is 17.9. The van der Waals surface area contributed by atoms with Crippen LogP contribution in [0.15, 0.2) is 42.5 Å². The second-order valence-electron chi connectivity index (χ2n) is 9.78. The number of fused-ring (bicyclic) bond motifs is 1. The van der Waals surface area contributed by atoms with E-state index < -0.39 is 18.2 Å². The maximum atomic E-state index is 12.8. The molecule has 2 aromatic rings. The zero-order valence-corrected chi connectivity index (χ0v) is 21.3. The number of rotatable bonds is 13. The molecule has 202 valence electrons. The first kappa shape index (κ1) is 27.2. The lowest BCUT2D eigenvalue weighted by atomic mass is 9.99. The lowest BCUT2D eigenvalue weighted by molar-refractivity contribution is -0.123. The van der Waals surface area contributed by atoms with Crippen LogP contribution >= 0.6 is 0 Å². The summed E-state index contributed by atoms with van der Waals surface area (Å²) in [6.07, 6.45) is 1.42. The number of β-amino-alcohol motifs (C(OH)–C–C–N with tert-alkyl or cyclic N) is 1. The molecule has 0 aromatic heterocycles. The number of aliphatic hydroxyl groups excluding tert-OH is 3. The number of methoxy groups -OCH3 is 1. The maximum Gasteiger partial charge on any atom is 0.220 e. The molecular formula is C28H38N2O7. The minimum absolute atomic E-state index is 0.127. The summed E-state index contributed by atoms with van der Waals surface area (Å²) in [7, 11) is 1.61. The van der Waals surface area contributed by atoms with Crippen molar-refractivity contribution in [1.29, 1.82) is 0 Å². The molecule has 0 saturated carbocycles. The quantitative estimate of drug-likeness (QED) is 0.301. The topological polar surface area (TPSA) is 121 Å². The van der Waals surface area contributed by atoms with E-state index in [4.69, 9.17) is 14.2 Å². The van der Waals surface area contributed by atoms with Gasteiger partial charge in [-0.05, 0) is 48.2 Å².